The molecule has 0 bridgehead atoms. The molecule has 2 aliphatic rings. The maximum Gasteiger partial charge on any atom is 0.254 e. The van der Waals surface area contributed by atoms with Crippen LogP contribution in [0.1, 0.15) is 28.5 Å². The standard InChI is InChI=1S/C20H22N6O3S/c1-4-26-18(21-22-20(26)30-3)17-13-10-25(8-7-14(13)24(2)23-17)19(27)12-5-6-15-16(9-12)29-11-28-15/h5-6,9H,4,7-8,10-11H2,1-3H3. The number of fused-ring (bicyclic) bond motifs is 2. The third-order valence-corrected chi connectivity index (χ3v) is 6.24. The van der Waals surface area contributed by atoms with Crippen LogP contribution in [0.3, 0.4) is 0 Å². The molecule has 156 valence electrons. The molecule has 0 spiro atoms. The van der Waals surface area contributed by atoms with Crippen LogP contribution in [0.15, 0.2) is 23.4 Å². The minimum atomic E-state index is -0.0319. The summed E-state index contributed by atoms with van der Waals surface area (Å²) in [6.45, 7) is 4.13. The number of carbonyl (C=O) groups excluding carboxylic acids is 1. The maximum absolute atomic E-state index is 13.2. The highest BCUT2D eigenvalue weighted by Gasteiger charge is 2.30. The lowest BCUT2D eigenvalue weighted by molar-refractivity contribution is 0.0733. The van der Waals surface area contributed by atoms with Crippen molar-refractivity contribution >= 4 is 17.7 Å². The van der Waals surface area contributed by atoms with Gasteiger partial charge in [-0.05, 0) is 31.4 Å². The van der Waals surface area contributed by atoms with E-state index in [9.17, 15) is 4.79 Å². The Labute approximate surface area is 178 Å². The number of benzene rings is 1. The van der Waals surface area contributed by atoms with Crippen molar-refractivity contribution in [1.82, 2.24) is 29.4 Å². The first kappa shape index (κ1) is 19.0. The number of thioether (sulfide) groups is 1. The molecule has 4 heterocycles. The summed E-state index contributed by atoms with van der Waals surface area (Å²) in [5.74, 6) is 2.00. The van der Waals surface area contributed by atoms with Gasteiger partial charge >= 0.3 is 0 Å². The van der Waals surface area contributed by atoms with Crippen LogP contribution in [-0.2, 0) is 26.6 Å². The molecule has 0 radical (unpaired) electrons. The first-order valence-electron chi connectivity index (χ1n) is 9.82. The molecule has 2 aliphatic heterocycles. The van der Waals surface area contributed by atoms with E-state index in [0.717, 1.165) is 40.9 Å². The predicted molar refractivity (Wildman–Crippen MR) is 111 cm³/mol. The summed E-state index contributed by atoms with van der Waals surface area (Å²) in [5, 5.41) is 14.3. The lowest BCUT2D eigenvalue weighted by Gasteiger charge is -2.27. The molecule has 5 rings (SSSR count). The van der Waals surface area contributed by atoms with Gasteiger partial charge in [-0.1, -0.05) is 11.8 Å². The van der Waals surface area contributed by atoms with Crippen LogP contribution >= 0.6 is 11.8 Å². The first-order valence-corrected chi connectivity index (χ1v) is 11.0. The van der Waals surface area contributed by atoms with Crippen LogP contribution in [-0.4, -0.2) is 54.9 Å². The SMILES string of the molecule is CCn1c(SC)nnc1-c1nn(C)c2c1CN(C(=O)c1ccc3c(c1)OCO3)CC2. The summed E-state index contributed by atoms with van der Waals surface area (Å²) in [6.07, 6.45) is 2.73. The van der Waals surface area contributed by atoms with E-state index in [1.165, 1.54) is 0 Å². The fraction of sp³-hybridized carbons (Fsp3) is 0.400. The number of amides is 1. The van der Waals surface area contributed by atoms with Crippen molar-refractivity contribution in [2.24, 2.45) is 7.05 Å². The van der Waals surface area contributed by atoms with Gasteiger partial charge in [0.1, 0.15) is 5.69 Å². The molecule has 3 aromatic rings. The summed E-state index contributed by atoms with van der Waals surface area (Å²) in [7, 11) is 1.94. The van der Waals surface area contributed by atoms with E-state index in [1.54, 1.807) is 30.0 Å². The third kappa shape index (κ3) is 2.94. The molecular weight excluding hydrogens is 404 g/mol. The molecule has 0 aliphatic carbocycles. The normalized spacial score (nSPS) is 14.8. The van der Waals surface area contributed by atoms with E-state index in [-0.39, 0.29) is 12.7 Å². The Kier molecular flexibility index (Phi) is 4.65. The molecule has 0 fully saturated rings. The highest BCUT2D eigenvalue weighted by molar-refractivity contribution is 7.98. The average molecular weight is 427 g/mol. The number of rotatable bonds is 4. The van der Waals surface area contributed by atoms with E-state index in [1.807, 2.05) is 22.9 Å². The van der Waals surface area contributed by atoms with Gasteiger partial charge < -0.3 is 18.9 Å². The number of ether oxygens (including phenoxy) is 2. The second-order valence-corrected chi connectivity index (χ2v) is 7.97. The van der Waals surface area contributed by atoms with Crippen molar-refractivity contribution in [2.45, 2.75) is 31.6 Å². The largest absolute Gasteiger partial charge is 0.454 e. The van der Waals surface area contributed by atoms with Crippen molar-refractivity contribution in [3.8, 4) is 23.0 Å². The minimum Gasteiger partial charge on any atom is -0.454 e. The quantitative estimate of drug-likeness (QED) is 0.592. The van der Waals surface area contributed by atoms with Gasteiger partial charge in [0, 0.05) is 43.4 Å². The van der Waals surface area contributed by atoms with Crippen molar-refractivity contribution in [1.29, 1.82) is 0 Å². The highest BCUT2D eigenvalue weighted by atomic mass is 32.2. The zero-order chi connectivity index (χ0) is 20.8. The summed E-state index contributed by atoms with van der Waals surface area (Å²) in [4.78, 5) is 15.1. The second kappa shape index (κ2) is 7.35. The highest BCUT2D eigenvalue weighted by Crippen LogP contribution is 2.34. The lowest BCUT2D eigenvalue weighted by atomic mass is 10.0. The number of hydrogen-bond acceptors (Lipinski definition) is 7. The molecule has 1 amide bonds. The molecule has 0 unspecified atom stereocenters. The lowest BCUT2D eigenvalue weighted by Crippen LogP contribution is -2.36. The fourth-order valence-electron chi connectivity index (χ4n) is 4.06. The van der Waals surface area contributed by atoms with Crippen molar-refractivity contribution < 1.29 is 14.3 Å². The molecule has 10 heteroatoms. The fourth-order valence-corrected chi connectivity index (χ4v) is 4.62. The Bertz CT molecular complexity index is 1140. The van der Waals surface area contributed by atoms with Gasteiger partial charge in [0.15, 0.2) is 22.5 Å². The second-order valence-electron chi connectivity index (χ2n) is 7.20. The Morgan fingerprint density at radius 2 is 2.07 bits per heavy atom. The summed E-state index contributed by atoms with van der Waals surface area (Å²) >= 11 is 1.56. The number of carbonyl (C=O) groups is 1. The van der Waals surface area contributed by atoms with E-state index in [4.69, 9.17) is 14.6 Å². The van der Waals surface area contributed by atoms with Gasteiger partial charge in [-0.2, -0.15) is 5.10 Å². The van der Waals surface area contributed by atoms with Crippen LogP contribution in [0.4, 0.5) is 0 Å². The van der Waals surface area contributed by atoms with Gasteiger partial charge in [-0.15, -0.1) is 10.2 Å². The smallest absolute Gasteiger partial charge is 0.254 e. The molecule has 30 heavy (non-hydrogen) atoms. The van der Waals surface area contributed by atoms with E-state index in [0.29, 0.717) is 30.2 Å². The molecular formula is C20H22N6O3S. The maximum atomic E-state index is 13.2. The number of hydrogen-bond donors (Lipinski definition) is 0. The van der Waals surface area contributed by atoms with E-state index < -0.39 is 0 Å². The van der Waals surface area contributed by atoms with Gasteiger partial charge in [0.2, 0.25) is 6.79 Å². The Morgan fingerprint density at radius 1 is 1.23 bits per heavy atom. The Hall–Kier alpha value is -3.01. The van der Waals surface area contributed by atoms with Crippen LogP contribution in [0.5, 0.6) is 11.5 Å². The van der Waals surface area contributed by atoms with Gasteiger partial charge in [-0.3, -0.25) is 9.48 Å². The molecule has 1 aromatic carbocycles. The van der Waals surface area contributed by atoms with Crippen molar-refractivity contribution in [2.75, 3.05) is 19.6 Å². The zero-order valence-corrected chi connectivity index (χ0v) is 17.9. The molecule has 2 aromatic heterocycles. The van der Waals surface area contributed by atoms with Crippen LogP contribution < -0.4 is 9.47 Å². The topological polar surface area (TPSA) is 87.3 Å². The number of aryl methyl sites for hydroxylation is 1. The third-order valence-electron chi connectivity index (χ3n) is 5.58. The summed E-state index contributed by atoms with van der Waals surface area (Å²) in [6, 6.07) is 5.32. The number of aromatic nitrogens is 5. The van der Waals surface area contributed by atoms with E-state index in [2.05, 4.69) is 21.7 Å². The van der Waals surface area contributed by atoms with Gasteiger partial charge in [0.25, 0.3) is 5.91 Å². The minimum absolute atomic E-state index is 0.0319. The molecule has 0 N–H and O–H groups in total. The van der Waals surface area contributed by atoms with Crippen molar-refractivity contribution in [3.63, 3.8) is 0 Å². The summed E-state index contributed by atoms with van der Waals surface area (Å²) < 4.78 is 14.7. The molecule has 0 atom stereocenters. The van der Waals surface area contributed by atoms with Crippen molar-refractivity contribution in [3.05, 3.63) is 35.0 Å². The van der Waals surface area contributed by atoms with Crippen LogP contribution in [0.25, 0.3) is 11.5 Å². The van der Waals surface area contributed by atoms with Crippen LogP contribution in [0.2, 0.25) is 0 Å². The monoisotopic (exact) mass is 426 g/mol. The number of nitrogens with zero attached hydrogens (tertiary/aromatic N) is 6. The predicted octanol–water partition coefficient (Wildman–Crippen LogP) is 2.35. The van der Waals surface area contributed by atoms with E-state index >= 15 is 0 Å². The first-order chi connectivity index (χ1) is 14.6. The Morgan fingerprint density at radius 3 is 2.87 bits per heavy atom. The average Bonchev–Trinajstić information content (AvgIpc) is 3.48. The van der Waals surface area contributed by atoms with Gasteiger partial charge in [0.05, 0.1) is 6.54 Å². The molecule has 0 saturated heterocycles. The zero-order valence-electron chi connectivity index (χ0n) is 17.1. The molecule has 9 nitrogen and oxygen atoms in total. The van der Waals surface area contributed by atoms with Crippen LogP contribution in [0, 0.1) is 0 Å². The summed E-state index contributed by atoms with van der Waals surface area (Å²) in [5.41, 5.74) is 3.56. The van der Waals surface area contributed by atoms with Gasteiger partial charge in [-0.25, -0.2) is 0 Å². The molecule has 0 saturated carbocycles. The Balaban J connectivity index is 1.48.